The fraction of sp³-hybridized carbons (Fsp3) is 0.571. The predicted octanol–water partition coefficient (Wildman–Crippen LogP) is 2.00. The topological polar surface area (TPSA) is 44.7 Å². The Morgan fingerprint density at radius 2 is 2.05 bits per heavy atom. The van der Waals surface area contributed by atoms with Gasteiger partial charge < -0.3 is 15.2 Å². The fourth-order valence-electron chi connectivity index (χ4n) is 2.61. The average Bonchev–Trinajstić information content (AvgIpc) is 2.46. The lowest BCUT2D eigenvalue weighted by Gasteiger charge is -2.35. The summed E-state index contributed by atoms with van der Waals surface area (Å²) in [5.41, 5.74) is 0.506. The Bertz CT molecular complexity index is 437. The number of methoxy groups -OCH3 is 1. The number of para-hydroxylation sites is 1. The molecule has 0 aliphatic carbocycles. The van der Waals surface area contributed by atoms with Crippen LogP contribution in [0, 0.1) is 0 Å². The van der Waals surface area contributed by atoms with Crippen molar-refractivity contribution in [3.63, 3.8) is 0 Å². The first-order valence-corrected chi connectivity index (χ1v) is 6.72. The number of piperazine rings is 1. The van der Waals surface area contributed by atoms with Crippen LogP contribution in [-0.2, 0) is 0 Å². The number of alkyl halides is 2. The van der Waals surface area contributed by atoms with Gasteiger partial charge >= 0.3 is 0 Å². The SMILES string of the molecule is COc1cccc([C@H](CC(F)F)N2CCNCC2)c1O. The van der Waals surface area contributed by atoms with Crippen molar-refractivity contribution in [3.8, 4) is 11.5 Å². The standard InChI is InChI=1S/C14H20F2N2O2/c1-20-12-4-2-3-10(14(12)19)11(9-13(15)16)18-7-5-17-6-8-18/h2-4,11,13,17,19H,5-9H2,1H3/t11-/m0/s1. The lowest BCUT2D eigenvalue weighted by atomic mass is 9.99. The summed E-state index contributed by atoms with van der Waals surface area (Å²) in [5, 5.41) is 13.4. The van der Waals surface area contributed by atoms with Crippen LogP contribution in [0.4, 0.5) is 8.78 Å². The first-order valence-electron chi connectivity index (χ1n) is 6.72. The maximum atomic E-state index is 12.9. The van der Waals surface area contributed by atoms with Crippen LogP contribution in [-0.4, -0.2) is 49.7 Å². The summed E-state index contributed by atoms with van der Waals surface area (Å²) in [4.78, 5) is 1.98. The highest BCUT2D eigenvalue weighted by atomic mass is 19.3. The first kappa shape index (κ1) is 15.0. The highest BCUT2D eigenvalue weighted by Gasteiger charge is 2.28. The second-order valence-corrected chi connectivity index (χ2v) is 4.83. The molecule has 1 heterocycles. The number of halogens is 2. The summed E-state index contributed by atoms with van der Waals surface area (Å²) in [6, 6.07) is 4.53. The molecule has 1 atom stereocenters. The number of nitrogens with one attached hydrogen (secondary N) is 1. The van der Waals surface area contributed by atoms with E-state index in [1.54, 1.807) is 18.2 Å². The van der Waals surface area contributed by atoms with E-state index in [0.29, 0.717) is 24.4 Å². The van der Waals surface area contributed by atoms with Crippen LogP contribution in [0.15, 0.2) is 18.2 Å². The maximum absolute atomic E-state index is 12.9. The smallest absolute Gasteiger partial charge is 0.240 e. The van der Waals surface area contributed by atoms with E-state index < -0.39 is 12.5 Å². The number of phenolic OH excluding ortho intramolecular Hbond substituents is 1. The second kappa shape index (κ2) is 6.85. The summed E-state index contributed by atoms with van der Waals surface area (Å²) in [6.07, 6.45) is -2.71. The summed E-state index contributed by atoms with van der Waals surface area (Å²) in [5.74, 6) is 0.274. The minimum absolute atomic E-state index is 0.0424. The highest BCUT2D eigenvalue weighted by molar-refractivity contribution is 5.47. The molecule has 1 fully saturated rings. The van der Waals surface area contributed by atoms with E-state index in [0.717, 1.165) is 13.1 Å². The summed E-state index contributed by atoms with van der Waals surface area (Å²) in [6.45, 7) is 2.91. The Morgan fingerprint density at radius 1 is 1.35 bits per heavy atom. The number of aromatic hydroxyl groups is 1. The molecule has 4 nitrogen and oxygen atoms in total. The van der Waals surface area contributed by atoms with Gasteiger partial charge in [0.05, 0.1) is 7.11 Å². The van der Waals surface area contributed by atoms with Crippen LogP contribution in [0.5, 0.6) is 11.5 Å². The van der Waals surface area contributed by atoms with Crippen molar-refractivity contribution in [3.05, 3.63) is 23.8 Å². The number of benzene rings is 1. The number of hydrogen-bond acceptors (Lipinski definition) is 4. The molecule has 0 radical (unpaired) electrons. The van der Waals surface area contributed by atoms with Crippen LogP contribution in [0.2, 0.25) is 0 Å². The van der Waals surface area contributed by atoms with Gasteiger partial charge in [0.15, 0.2) is 11.5 Å². The van der Waals surface area contributed by atoms with Crippen molar-refractivity contribution >= 4 is 0 Å². The maximum Gasteiger partial charge on any atom is 0.240 e. The Balaban J connectivity index is 2.30. The molecule has 1 aliphatic rings. The number of nitrogens with zero attached hydrogens (tertiary/aromatic N) is 1. The van der Waals surface area contributed by atoms with E-state index in [2.05, 4.69) is 5.32 Å². The van der Waals surface area contributed by atoms with Gasteiger partial charge in [0, 0.05) is 44.2 Å². The molecule has 0 aromatic heterocycles. The minimum Gasteiger partial charge on any atom is -0.504 e. The largest absolute Gasteiger partial charge is 0.504 e. The van der Waals surface area contributed by atoms with Crippen molar-refractivity contribution in [2.24, 2.45) is 0 Å². The van der Waals surface area contributed by atoms with E-state index >= 15 is 0 Å². The third-order valence-electron chi connectivity index (χ3n) is 3.60. The van der Waals surface area contributed by atoms with Crippen molar-refractivity contribution in [2.45, 2.75) is 18.9 Å². The Hall–Kier alpha value is -1.40. The van der Waals surface area contributed by atoms with E-state index in [-0.39, 0.29) is 12.2 Å². The molecule has 0 amide bonds. The van der Waals surface area contributed by atoms with Gasteiger partial charge in [-0.1, -0.05) is 12.1 Å². The molecule has 0 bridgehead atoms. The molecule has 0 unspecified atom stereocenters. The molecular weight excluding hydrogens is 266 g/mol. The van der Waals surface area contributed by atoms with Gasteiger partial charge in [-0.05, 0) is 6.07 Å². The highest BCUT2D eigenvalue weighted by Crippen LogP contribution is 2.38. The molecule has 1 saturated heterocycles. The van der Waals surface area contributed by atoms with E-state index in [1.165, 1.54) is 7.11 Å². The quantitative estimate of drug-likeness (QED) is 0.869. The van der Waals surface area contributed by atoms with Gasteiger partial charge in [-0.2, -0.15) is 0 Å². The van der Waals surface area contributed by atoms with E-state index in [1.807, 2.05) is 4.90 Å². The van der Waals surface area contributed by atoms with Crippen LogP contribution in [0.25, 0.3) is 0 Å². The second-order valence-electron chi connectivity index (χ2n) is 4.83. The molecule has 1 aliphatic heterocycles. The Morgan fingerprint density at radius 3 is 2.65 bits per heavy atom. The molecule has 0 spiro atoms. The van der Waals surface area contributed by atoms with Crippen LogP contribution in [0.1, 0.15) is 18.0 Å². The number of ether oxygens (including phenoxy) is 1. The van der Waals surface area contributed by atoms with Crippen LogP contribution >= 0.6 is 0 Å². The van der Waals surface area contributed by atoms with E-state index in [4.69, 9.17) is 4.74 Å². The lowest BCUT2D eigenvalue weighted by molar-refractivity contribution is 0.0728. The van der Waals surface area contributed by atoms with Gasteiger partial charge in [0.1, 0.15) is 0 Å². The third kappa shape index (κ3) is 3.37. The van der Waals surface area contributed by atoms with Gasteiger partial charge in [0.2, 0.25) is 6.43 Å². The summed E-state index contributed by atoms with van der Waals surface area (Å²) in [7, 11) is 1.45. The molecule has 0 saturated carbocycles. The van der Waals surface area contributed by atoms with Gasteiger partial charge in [-0.15, -0.1) is 0 Å². The zero-order valence-electron chi connectivity index (χ0n) is 11.5. The zero-order valence-corrected chi connectivity index (χ0v) is 11.5. The number of phenols is 1. The first-order chi connectivity index (χ1) is 9.63. The van der Waals surface area contributed by atoms with Crippen LogP contribution in [0.3, 0.4) is 0 Å². The molecule has 2 rings (SSSR count). The van der Waals surface area contributed by atoms with Gasteiger partial charge in [0.25, 0.3) is 0 Å². The molecular formula is C14H20F2N2O2. The molecule has 2 N–H and O–H groups in total. The fourth-order valence-corrected chi connectivity index (χ4v) is 2.61. The van der Waals surface area contributed by atoms with Crippen molar-refractivity contribution in [1.82, 2.24) is 10.2 Å². The van der Waals surface area contributed by atoms with Crippen molar-refractivity contribution in [2.75, 3.05) is 33.3 Å². The molecule has 20 heavy (non-hydrogen) atoms. The van der Waals surface area contributed by atoms with Crippen molar-refractivity contribution in [1.29, 1.82) is 0 Å². The predicted molar refractivity (Wildman–Crippen MR) is 72.5 cm³/mol. The third-order valence-corrected chi connectivity index (χ3v) is 3.60. The minimum atomic E-state index is -2.42. The van der Waals surface area contributed by atoms with Crippen LogP contribution < -0.4 is 10.1 Å². The normalized spacial score (nSPS) is 18.2. The average molecular weight is 286 g/mol. The lowest BCUT2D eigenvalue weighted by Crippen LogP contribution is -2.45. The van der Waals surface area contributed by atoms with Gasteiger partial charge in [-0.3, -0.25) is 4.90 Å². The summed E-state index contributed by atoms with van der Waals surface area (Å²) >= 11 is 0. The summed E-state index contributed by atoms with van der Waals surface area (Å²) < 4.78 is 30.8. The molecule has 1 aromatic rings. The van der Waals surface area contributed by atoms with Gasteiger partial charge in [-0.25, -0.2) is 8.78 Å². The van der Waals surface area contributed by atoms with E-state index in [9.17, 15) is 13.9 Å². The molecule has 1 aromatic carbocycles. The Labute approximate surface area is 117 Å². The Kier molecular flexibility index (Phi) is 5.14. The monoisotopic (exact) mass is 286 g/mol. The molecule has 6 heteroatoms. The van der Waals surface area contributed by atoms with Crippen molar-refractivity contribution < 1.29 is 18.6 Å². The molecule has 112 valence electrons. The zero-order chi connectivity index (χ0) is 14.5. The number of hydrogen-bond donors (Lipinski definition) is 2. The number of rotatable bonds is 5.